The molecule has 3 rings (SSSR count). The lowest BCUT2D eigenvalue weighted by Crippen LogP contribution is -2.17. The summed E-state index contributed by atoms with van der Waals surface area (Å²) in [5.74, 6) is 0.403. The van der Waals surface area contributed by atoms with E-state index < -0.39 is 0 Å². The van der Waals surface area contributed by atoms with Crippen molar-refractivity contribution in [3.63, 3.8) is 0 Å². The highest BCUT2D eigenvalue weighted by Crippen LogP contribution is 2.32. The Hall–Kier alpha value is -2.19. The van der Waals surface area contributed by atoms with Crippen molar-refractivity contribution >= 4 is 49.2 Å². The summed E-state index contributed by atoms with van der Waals surface area (Å²) in [5.41, 5.74) is 1.70. The van der Waals surface area contributed by atoms with E-state index in [9.17, 15) is 9.59 Å². The minimum absolute atomic E-state index is 0.0969. The lowest BCUT2D eigenvalue weighted by molar-refractivity contribution is -0.118. The van der Waals surface area contributed by atoms with Crippen LogP contribution in [0, 0.1) is 5.92 Å². The molecule has 0 spiro atoms. The molecule has 0 saturated carbocycles. The number of thiazole rings is 1. The van der Waals surface area contributed by atoms with Crippen LogP contribution in [0.5, 0.6) is 5.75 Å². The second-order valence-corrected chi connectivity index (χ2v) is 7.38. The van der Waals surface area contributed by atoms with Crippen molar-refractivity contribution in [1.29, 1.82) is 0 Å². The molecule has 0 fully saturated rings. The number of aromatic amines is 1. The number of carbonyl (C=O) groups is 1. The minimum atomic E-state index is -0.128. The topological polar surface area (TPSA) is 84.1 Å². The number of methoxy groups -OCH3 is 1. The smallest absolute Gasteiger partial charge is 0.228 e. The molecule has 0 aliphatic heterocycles. The number of pyridine rings is 1. The summed E-state index contributed by atoms with van der Waals surface area (Å²) in [5, 5.41) is 5.61. The third kappa shape index (κ3) is 4.56. The Balaban J connectivity index is 0.00000126. The van der Waals surface area contributed by atoms with Gasteiger partial charge in [-0.25, -0.2) is 4.98 Å². The third-order valence-electron chi connectivity index (χ3n) is 3.66. The number of ether oxygens (including phenoxy) is 1. The molecule has 2 heterocycles. The van der Waals surface area contributed by atoms with Crippen LogP contribution in [0.15, 0.2) is 32.8 Å². The van der Waals surface area contributed by atoms with E-state index in [1.807, 2.05) is 27.7 Å². The monoisotopic (exact) mass is 451 g/mol. The second-order valence-electron chi connectivity index (χ2n) is 5.73. The average molecular weight is 452 g/mol. The molecular formula is C19H22BrN3O3S. The van der Waals surface area contributed by atoms with Crippen LogP contribution in [0.25, 0.3) is 22.3 Å². The van der Waals surface area contributed by atoms with Crippen LogP contribution in [0.2, 0.25) is 0 Å². The Labute approximate surface area is 170 Å². The third-order valence-corrected chi connectivity index (χ3v) is 5.21. The number of H-pyrrole nitrogens is 1. The van der Waals surface area contributed by atoms with Crippen molar-refractivity contribution in [3.05, 3.63) is 38.3 Å². The molecule has 0 atom stereocenters. The fourth-order valence-corrected chi connectivity index (χ4v) is 3.58. The Kier molecular flexibility index (Phi) is 7.15. The molecule has 1 amide bonds. The van der Waals surface area contributed by atoms with E-state index in [-0.39, 0.29) is 17.3 Å². The van der Waals surface area contributed by atoms with E-state index in [2.05, 4.69) is 31.2 Å². The minimum Gasteiger partial charge on any atom is -0.495 e. The van der Waals surface area contributed by atoms with E-state index in [1.165, 1.54) is 17.4 Å². The van der Waals surface area contributed by atoms with Crippen LogP contribution in [-0.2, 0) is 4.79 Å². The summed E-state index contributed by atoms with van der Waals surface area (Å²) in [4.78, 5) is 31.8. The number of anilines is 1. The molecule has 0 bridgehead atoms. The Morgan fingerprint density at radius 1 is 1.33 bits per heavy atom. The van der Waals surface area contributed by atoms with Gasteiger partial charge in [-0.05, 0) is 28.1 Å². The normalized spacial score (nSPS) is 10.5. The Bertz CT molecular complexity index is 1010. The number of amides is 1. The molecule has 3 aromatic rings. The quantitative estimate of drug-likeness (QED) is 0.581. The first-order valence-corrected chi connectivity index (χ1v) is 10.2. The highest BCUT2D eigenvalue weighted by Gasteiger charge is 2.14. The Morgan fingerprint density at radius 2 is 2.04 bits per heavy atom. The maximum Gasteiger partial charge on any atom is 0.228 e. The van der Waals surface area contributed by atoms with E-state index in [4.69, 9.17) is 4.74 Å². The van der Waals surface area contributed by atoms with Crippen LogP contribution < -0.4 is 15.5 Å². The van der Waals surface area contributed by atoms with Crippen molar-refractivity contribution < 1.29 is 9.53 Å². The Morgan fingerprint density at radius 3 is 2.67 bits per heavy atom. The number of fused-ring (bicyclic) bond motifs is 1. The van der Waals surface area contributed by atoms with Gasteiger partial charge in [-0.1, -0.05) is 27.7 Å². The standard InChI is InChI=1S/C17H16BrN3O3S.C2H6/c1-8(2)16(23)21-17-20-11(7-25-17)10-6-12(22)9-4-5-13(24-3)14(18)15(9)19-10;1-2/h4-8H,1-3H3,(H,19,22)(H,20,21,23);1-2H3. The van der Waals surface area contributed by atoms with Gasteiger partial charge in [0.2, 0.25) is 5.91 Å². The average Bonchev–Trinajstić information content (AvgIpc) is 3.12. The lowest BCUT2D eigenvalue weighted by atomic mass is 10.1. The molecule has 144 valence electrons. The zero-order chi connectivity index (χ0) is 20.1. The number of rotatable bonds is 4. The van der Waals surface area contributed by atoms with Crippen LogP contribution in [0.4, 0.5) is 5.13 Å². The molecule has 6 nitrogen and oxygen atoms in total. The van der Waals surface area contributed by atoms with Crippen molar-refractivity contribution in [2.45, 2.75) is 27.7 Å². The fraction of sp³-hybridized carbons (Fsp3) is 0.316. The van der Waals surface area contributed by atoms with Crippen LogP contribution in [0.1, 0.15) is 27.7 Å². The molecule has 0 aliphatic carbocycles. The first-order valence-electron chi connectivity index (χ1n) is 8.57. The summed E-state index contributed by atoms with van der Waals surface area (Å²) in [6.45, 7) is 7.63. The SMILES string of the molecule is CC.COc1ccc2c(=O)cc(-c3csc(NC(=O)C(C)C)n3)[nH]c2c1Br. The van der Waals surface area contributed by atoms with Gasteiger partial charge in [-0.15, -0.1) is 11.3 Å². The lowest BCUT2D eigenvalue weighted by Gasteiger charge is -2.08. The van der Waals surface area contributed by atoms with E-state index in [0.29, 0.717) is 37.6 Å². The number of hydrogen-bond donors (Lipinski definition) is 2. The predicted octanol–water partition coefficient (Wildman–Crippen LogP) is 5.04. The van der Waals surface area contributed by atoms with Gasteiger partial charge in [0.15, 0.2) is 10.6 Å². The zero-order valence-electron chi connectivity index (χ0n) is 15.8. The maximum absolute atomic E-state index is 12.4. The van der Waals surface area contributed by atoms with Gasteiger partial charge in [-0.2, -0.15) is 0 Å². The summed E-state index contributed by atoms with van der Waals surface area (Å²) < 4.78 is 5.95. The number of benzene rings is 1. The van der Waals surface area contributed by atoms with Crippen molar-refractivity contribution in [3.8, 4) is 17.1 Å². The molecule has 0 saturated heterocycles. The van der Waals surface area contributed by atoms with Gasteiger partial charge in [0.05, 0.1) is 28.5 Å². The molecule has 0 aliphatic rings. The molecule has 8 heteroatoms. The van der Waals surface area contributed by atoms with Gasteiger partial charge in [-0.3, -0.25) is 9.59 Å². The second kappa shape index (κ2) is 9.14. The summed E-state index contributed by atoms with van der Waals surface area (Å²) in [6.07, 6.45) is 0. The molecular weight excluding hydrogens is 430 g/mol. The predicted molar refractivity (Wildman–Crippen MR) is 115 cm³/mol. The number of halogens is 1. The summed E-state index contributed by atoms with van der Waals surface area (Å²) in [7, 11) is 1.57. The number of aromatic nitrogens is 2. The summed E-state index contributed by atoms with van der Waals surface area (Å²) >= 11 is 4.78. The number of nitrogens with one attached hydrogen (secondary N) is 2. The van der Waals surface area contributed by atoms with Crippen LogP contribution in [-0.4, -0.2) is 23.0 Å². The van der Waals surface area contributed by atoms with Crippen molar-refractivity contribution in [1.82, 2.24) is 9.97 Å². The number of carbonyl (C=O) groups excluding carboxylic acids is 1. The molecule has 27 heavy (non-hydrogen) atoms. The highest BCUT2D eigenvalue weighted by molar-refractivity contribution is 9.10. The molecule has 0 radical (unpaired) electrons. The van der Waals surface area contributed by atoms with Crippen molar-refractivity contribution in [2.24, 2.45) is 5.92 Å². The van der Waals surface area contributed by atoms with E-state index in [1.54, 1.807) is 24.6 Å². The fourth-order valence-electron chi connectivity index (χ4n) is 2.26. The largest absolute Gasteiger partial charge is 0.495 e. The van der Waals surface area contributed by atoms with Crippen molar-refractivity contribution in [2.75, 3.05) is 12.4 Å². The van der Waals surface area contributed by atoms with E-state index in [0.717, 1.165) is 0 Å². The first kappa shape index (κ1) is 21.1. The van der Waals surface area contributed by atoms with Gasteiger partial charge < -0.3 is 15.0 Å². The first-order chi connectivity index (χ1) is 12.9. The summed E-state index contributed by atoms with van der Waals surface area (Å²) in [6, 6.07) is 4.96. The van der Waals surface area contributed by atoms with Gasteiger partial charge >= 0.3 is 0 Å². The molecule has 1 aromatic carbocycles. The molecule has 2 N–H and O–H groups in total. The molecule has 0 unspecified atom stereocenters. The van der Waals surface area contributed by atoms with Gasteiger partial charge in [0.25, 0.3) is 0 Å². The number of nitrogens with zero attached hydrogens (tertiary/aromatic N) is 1. The highest BCUT2D eigenvalue weighted by atomic mass is 79.9. The number of hydrogen-bond acceptors (Lipinski definition) is 5. The van der Waals surface area contributed by atoms with Gasteiger partial charge in [0, 0.05) is 22.8 Å². The van der Waals surface area contributed by atoms with Gasteiger partial charge in [0.1, 0.15) is 5.75 Å². The van der Waals surface area contributed by atoms with Crippen LogP contribution in [0.3, 0.4) is 0 Å². The maximum atomic E-state index is 12.4. The van der Waals surface area contributed by atoms with Crippen LogP contribution >= 0.6 is 27.3 Å². The molecule has 2 aromatic heterocycles. The van der Waals surface area contributed by atoms with E-state index >= 15 is 0 Å². The zero-order valence-corrected chi connectivity index (χ0v) is 18.2.